The van der Waals surface area contributed by atoms with Gasteiger partial charge in [-0.1, -0.05) is 11.6 Å². The Hall–Kier alpha value is -1.72. The molecule has 0 fully saturated rings. The van der Waals surface area contributed by atoms with Gasteiger partial charge in [0.15, 0.2) is 11.5 Å². The van der Waals surface area contributed by atoms with Gasteiger partial charge in [0.2, 0.25) is 0 Å². The largest absolute Gasteiger partial charge is 0.493 e. The maximum Gasteiger partial charge on any atom is 0.179 e. The van der Waals surface area contributed by atoms with Gasteiger partial charge in [-0.2, -0.15) is 0 Å². The van der Waals surface area contributed by atoms with Crippen molar-refractivity contribution in [3.63, 3.8) is 0 Å². The Bertz CT molecular complexity index is 584. The maximum atomic E-state index is 6.20. The number of halogens is 1. The molecule has 2 rings (SSSR count). The first kappa shape index (κ1) is 14.7. The van der Waals surface area contributed by atoms with E-state index in [-0.39, 0.29) is 0 Å². The normalized spacial score (nSPS) is 10.6. The summed E-state index contributed by atoms with van der Waals surface area (Å²) in [6.07, 6.45) is 4.36. The summed E-state index contributed by atoms with van der Waals surface area (Å²) in [6, 6.07) is 3.63. The first-order valence-corrected chi connectivity index (χ1v) is 6.69. The molecule has 20 heavy (non-hydrogen) atoms. The fourth-order valence-electron chi connectivity index (χ4n) is 1.91. The predicted molar refractivity (Wildman–Crippen MR) is 78.3 cm³/mol. The number of rotatable bonds is 6. The predicted octanol–water partition coefficient (Wildman–Crippen LogP) is 2.16. The van der Waals surface area contributed by atoms with Gasteiger partial charge >= 0.3 is 0 Å². The first-order valence-electron chi connectivity index (χ1n) is 6.31. The van der Waals surface area contributed by atoms with E-state index >= 15 is 0 Å². The molecule has 0 aliphatic heterocycles. The standard InChI is InChI=1S/C14H18ClN3O2/c1-18-5-4-17-13(18)3-6-20-14-11(15)7-10(9-16)8-12(14)19-2/h4-5,7-8H,3,6,9,16H2,1-2H3. The van der Waals surface area contributed by atoms with E-state index in [2.05, 4.69) is 4.98 Å². The lowest BCUT2D eigenvalue weighted by Gasteiger charge is -2.13. The minimum atomic E-state index is 0.406. The van der Waals surface area contributed by atoms with Crippen molar-refractivity contribution in [3.05, 3.63) is 40.9 Å². The van der Waals surface area contributed by atoms with Crippen LogP contribution in [-0.2, 0) is 20.0 Å². The second kappa shape index (κ2) is 6.63. The molecule has 1 aromatic carbocycles. The van der Waals surface area contributed by atoms with E-state index in [9.17, 15) is 0 Å². The third-order valence-electron chi connectivity index (χ3n) is 3.02. The van der Waals surface area contributed by atoms with Gasteiger partial charge in [0.05, 0.1) is 18.7 Å². The Labute approximate surface area is 123 Å². The monoisotopic (exact) mass is 295 g/mol. The van der Waals surface area contributed by atoms with E-state index < -0.39 is 0 Å². The van der Waals surface area contributed by atoms with Gasteiger partial charge in [0.1, 0.15) is 5.82 Å². The van der Waals surface area contributed by atoms with Gasteiger partial charge in [-0.05, 0) is 17.7 Å². The third kappa shape index (κ3) is 3.23. The fourth-order valence-corrected chi connectivity index (χ4v) is 2.20. The van der Waals surface area contributed by atoms with Crippen LogP contribution in [0.15, 0.2) is 24.5 Å². The molecule has 0 bridgehead atoms. The highest BCUT2D eigenvalue weighted by molar-refractivity contribution is 6.32. The molecule has 0 atom stereocenters. The minimum absolute atomic E-state index is 0.406. The van der Waals surface area contributed by atoms with Gasteiger partial charge in [-0.15, -0.1) is 0 Å². The second-order valence-corrected chi connectivity index (χ2v) is 4.77. The average Bonchev–Trinajstić information content (AvgIpc) is 2.85. The van der Waals surface area contributed by atoms with Crippen molar-refractivity contribution >= 4 is 11.6 Å². The van der Waals surface area contributed by atoms with Crippen LogP contribution >= 0.6 is 11.6 Å². The zero-order valence-electron chi connectivity index (χ0n) is 11.6. The van der Waals surface area contributed by atoms with Crippen molar-refractivity contribution in [3.8, 4) is 11.5 Å². The molecule has 1 aromatic heterocycles. The molecular formula is C14H18ClN3O2. The SMILES string of the molecule is COc1cc(CN)cc(Cl)c1OCCc1nccn1C. The van der Waals surface area contributed by atoms with Crippen molar-refractivity contribution in [2.45, 2.75) is 13.0 Å². The van der Waals surface area contributed by atoms with Crippen LogP contribution in [0.4, 0.5) is 0 Å². The zero-order valence-corrected chi connectivity index (χ0v) is 12.4. The summed E-state index contributed by atoms with van der Waals surface area (Å²) in [5.41, 5.74) is 6.51. The van der Waals surface area contributed by atoms with Gasteiger partial charge < -0.3 is 19.8 Å². The van der Waals surface area contributed by atoms with Crippen molar-refractivity contribution < 1.29 is 9.47 Å². The van der Waals surface area contributed by atoms with Crippen LogP contribution in [0, 0.1) is 0 Å². The van der Waals surface area contributed by atoms with Crippen LogP contribution in [0.5, 0.6) is 11.5 Å². The molecule has 108 valence electrons. The van der Waals surface area contributed by atoms with Crippen molar-refractivity contribution in [1.82, 2.24) is 9.55 Å². The molecule has 0 spiro atoms. The van der Waals surface area contributed by atoms with Crippen LogP contribution in [-0.4, -0.2) is 23.3 Å². The van der Waals surface area contributed by atoms with Crippen molar-refractivity contribution in [2.24, 2.45) is 12.8 Å². The van der Waals surface area contributed by atoms with Crippen LogP contribution in [0.2, 0.25) is 5.02 Å². The Balaban J connectivity index is 2.07. The summed E-state index contributed by atoms with van der Waals surface area (Å²) in [5, 5.41) is 0.504. The first-order chi connectivity index (χ1) is 9.65. The Kier molecular flexibility index (Phi) is 4.87. The molecule has 5 nitrogen and oxygen atoms in total. The molecule has 0 aliphatic rings. The number of nitrogens with zero attached hydrogens (tertiary/aromatic N) is 2. The molecule has 0 saturated heterocycles. The highest BCUT2D eigenvalue weighted by Gasteiger charge is 2.12. The van der Waals surface area contributed by atoms with Crippen molar-refractivity contribution in [2.75, 3.05) is 13.7 Å². The Morgan fingerprint density at radius 1 is 1.40 bits per heavy atom. The molecule has 0 saturated carbocycles. The number of aryl methyl sites for hydroxylation is 1. The number of ether oxygens (including phenoxy) is 2. The number of methoxy groups -OCH3 is 1. The van der Waals surface area contributed by atoms with Crippen LogP contribution in [0.1, 0.15) is 11.4 Å². The van der Waals surface area contributed by atoms with E-state index in [1.807, 2.05) is 23.9 Å². The number of imidazole rings is 1. The Morgan fingerprint density at radius 3 is 2.80 bits per heavy atom. The third-order valence-corrected chi connectivity index (χ3v) is 3.30. The molecule has 1 heterocycles. The second-order valence-electron chi connectivity index (χ2n) is 4.37. The van der Waals surface area contributed by atoms with Gasteiger partial charge in [0.25, 0.3) is 0 Å². The van der Waals surface area contributed by atoms with E-state index in [1.54, 1.807) is 19.4 Å². The molecule has 0 aliphatic carbocycles. The van der Waals surface area contributed by atoms with E-state index in [4.69, 9.17) is 26.8 Å². The summed E-state index contributed by atoms with van der Waals surface area (Å²) in [7, 11) is 3.53. The molecular weight excluding hydrogens is 278 g/mol. The van der Waals surface area contributed by atoms with Gasteiger partial charge in [-0.25, -0.2) is 4.98 Å². The lowest BCUT2D eigenvalue weighted by Crippen LogP contribution is -2.07. The molecule has 0 radical (unpaired) electrons. The van der Waals surface area contributed by atoms with Gasteiger partial charge in [-0.3, -0.25) is 0 Å². The maximum absolute atomic E-state index is 6.20. The quantitative estimate of drug-likeness (QED) is 0.887. The van der Waals surface area contributed by atoms with E-state index in [0.29, 0.717) is 36.1 Å². The highest BCUT2D eigenvalue weighted by Crippen LogP contribution is 2.36. The lowest BCUT2D eigenvalue weighted by atomic mass is 10.2. The van der Waals surface area contributed by atoms with Crippen LogP contribution < -0.4 is 15.2 Å². The summed E-state index contributed by atoms with van der Waals surface area (Å²) in [4.78, 5) is 4.24. The topological polar surface area (TPSA) is 62.3 Å². The molecule has 0 amide bonds. The lowest BCUT2D eigenvalue weighted by molar-refractivity contribution is 0.294. The number of aromatic nitrogens is 2. The number of hydrogen-bond donors (Lipinski definition) is 1. The Morgan fingerprint density at radius 2 is 2.20 bits per heavy atom. The van der Waals surface area contributed by atoms with Crippen molar-refractivity contribution in [1.29, 1.82) is 0 Å². The van der Waals surface area contributed by atoms with E-state index in [0.717, 1.165) is 11.4 Å². The highest BCUT2D eigenvalue weighted by atomic mass is 35.5. The summed E-state index contributed by atoms with van der Waals surface area (Å²) in [6.45, 7) is 0.881. The average molecular weight is 296 g/mol. The van der Waals surface area contributed by atoms with Crippen LogP contribution in [0.25, 0.3) is 0 Å². The minimum Gasteiger partial charge on any atom is -0.493 e. The van der Waals surface area contributed by atoms with Crippen LogP contribution in [0.3, 0.4) is 0 Å². The molecule has 0 unspecified atom stereocenters. The number of nitrogens with two attached hydrogens (primary N) is 1. The summed E-state index contributed by atoms with van der Waals surface area (Å²) >= 11 is 6.20. The summed E-state index contributed by atoms with van der Waals surface area (Å²) < 4.78 is 13.0. The number of hydrogen-bond acceptors (Lipinski definition) is 4. The summed E-state index contributed by atoms with van der Waals surface area (Å²) in [5.74, 6) is 2.09. The fraction of sp³-hybridized carbons (Fsp3) is 0.357. The number of benzene rings is 1. The van der Waals surface area contributed by atoms with Gasteiger partial charge in [0, 0.05) is 32.4 Å². The smallest absolute Gasteiger partial charge is 0.179 e. The zero-order chi connectivity index (χ0) is 14.5. The molecule has 2 aromatic rings. The molecule has 6 heteroatoms. The molecule has 2 N–H and O–H groups in total. The van der Waals surface area contributed by atoms with E-state index in [1.165, 1.54) is 0 Å².